The van der Waals surface area contributed by atoms with Gasteiger partial charge in [0.1, 0.15) is 0 Å². The zero-order valence-corrected chi connectivity index (χ0v) is 8.61. The summed E-state index contributed by atoms with van der Waals surface area (Å²) in [5.41, 5.74) is 0.907. The molecule has 0 aliphatic rings. The van der Waals surface area contributed by atoms with E-state index in [1.54, 1.807) is 11.8 Å². The van der Waals surface area contributed by atoms with E-state index in [0.29, 0.717) is 5.01 Å². The van der Waals surface area contributed by atoms with Gasteiger partial charge in [-0.2, -0.15) is 0 Å². The summed E-state index contributed by atoms with van der Waals surface area (Å²) in [6.07, 6.45) is 2.83. The quantitative estimate of drug-likeness (QED) is 0.562. The molecule has 13 heavy (non-hydrogen) atoms. The van der Waals surface area contributed by atoms with E-state index in [0.717, 1.165) is 16.5 Å². The highest BCUT2D eigenvalue weighted by atomic mass is 32.2. The normalized spacial score (nSPS) is 10.5. The average Bonchev–Trinajstić information content (AvgIpc) is 2.58. The number of thiazole rings is 1. The van der Waals surface area contributed by atoms with E-state index >= 15 is 0 Å². The minimum absolute atomic E-state index is 0.549. The largest absolute Gasteiger partial charge is 0.295 e. The summed E-state index contributed by atoms with van der Waals surface area (Å²) in [7, 11) is 0. The van der Waals surface area contributed by atoms with Crippen LogP contribution in [0.3, 0.4) is 0 Å². The molecule has 1 aromatic carbocycles. The predicted molar refractivity (Wildman–Crippen MR) is 56.8 cm³/mol. The minimum atomic E-state index is 0.549. The van der Waals surface area contributed by atoms with Gasteiger partial charge in [0.2, 0.25) is 0 Å². The molecule has 0 saturated heterocycles. The molecule has 0 unspecified atom stereocenters. The monoisotopic (exact) mass is 209 g/mol. The first-order valence-corrected chi connectivity index (χ1v) is 5.77. The third-order valence-corrected chi connectivity index (χ3v) is 3.38. The first-order valence-electron chi connectivity index (χ1n) is 3.73. The zero-order valence-electron chi connectivity index (χ0n) is 6.98. The third kappa shape index (κ3) is 1.59. The van der Waals surface area contributed by atoms with Crippen LogP contribution in [0.2, 0.25) is 0 Å². The molecular formula is C9H7NOS2. The lowest BCUT2D eigenvalue weighted by Crippen LogP contribution is -1.73. The van der Waals surface area contributed by atoms with Crippen molar-refractivity contribution in [3.63, 3.8) is 0 Å². The molecule has 0 aliphatic heterocycles. The predicted octanol–water partition coefficient (Wildman–Crippen LogP) is 2.83. The Labute approximate surface area is 84.0 Å². The number of thioether (sulfide) groups is 1. The van der Waals surface area contributed by atoms with Crippen LogP contribution in [0, 0.1) is 0 Å². The summed E-state index contributed by atoms with van der Waals surface area (Å²) in [5.74, 6) is 0. The molecule has 1 aromatic heterocycles. The highest BCUT2D eigenvalue weighted by Gasteiger charge is 2.02. The zero-order chi connectivity index (χ0) is 9.26. The van der Waals surface area contributed by atoms with Crippen LogP contribution in [0.1, 0.15) is 9.80 Å². The van der Waals surface area contributed by atoms with E-state index in [-0.39, 0.29) is 0 Å². The molecule has 66 valence electrons. The van der Waals surface area contributed by atoms with Crippen LogP contribution in [0.15, 0.2) is 23.1 Å². The van der Waals surface area contributed by atoms with Gasteiger partial charge in [-0.25, -0.2) is 4.98 Å². The van der Waals surface area contributed by atoms with E-state index < -0.39 is 0 Å². The Bertz CT molecular complexity index is 450. The van der Waals surface area contributed by atoms with Crippen molar-refractivity contribution in [2.75, 3.05) is 6.26 Å². The Morgan fingerprint density at radius 2 is 2.38 bits per heavy atom. The van der Waals surface area contributed by atoms with Gasteiger partial charge in [-0.15, -0.1) is 23.1 Å². The van der Waals surface area contributed by atoms with E-state index in [9.17, 15) is 4.79 Å². The molecule has 0 fully saturated rings. The standard InChI is InChI=1S/C9H7NOS2/c1-12-6-2-3-7-8(4-6)13-9(5-11)10-7/h2-5H,1H3. The fourth-order valence-electron chi connectivity index (χ4n) is 1.10. The number of nitrogens with zero attached hydrogens (tertiary/aromatic N) is 1. The van der Waals surface area contributed by atoms with Gasteiger partial charge in [-0.3, -0.25) is 4.79 Å². The maximum Gasteiger partial charge on any atom is 0.178 e. The van der Waals surface area contributed by atoms with Crippen LogP contribution in [0.25, 0.3) is 10.2 Å². The first kappa shape index (κ1) is 8.72. The molecule has 0 amide bonds. The van der Waals surface area contributed by atoms with E-state index in [4.69, 9.17) is 0 Å². The lowest BCUT2D eigenvalue weighted by Gasteiger charge is -1.92. The molecule has 2 aromatic rings. The summed E-state index contributed by atoms with van der Waals surface area (Å²) < 4.78 is 1.08. The lowest BCUT2D eigenvalue weighted by molar-refractivity contribution is 0.112. The van der Waals surface area contributed by atoms with Crippen molar-refractivity contribution >= 4 is 39.6 Å². The Kier molecular flexibility index (Phi) is 2.33. The number of carbonyl (C=O) groups is 1. The van der Waals surface area contributed by atoms with Crippen molar-refractivity contribution in [2.45, 2.75) is 4.90 Å². The van der Waals surface area contributed by atoms with Crippen molar-refractivity contribution in [3.05, 3.63) is 23.2 Å². The number of hydrogen-bond acceptors (Lipinski definition) is 4. The van der Waals surface area contributed by atoms with Crippen LogP contribution < -0.4 is 0 Å². The van der Waals surface area contributed by atoms with E-state index in [1.165, 1.54) is 16.2 Å². The van der Waals surface area contributed by atoms with Crippen LogP contribution in [-0.4, -0.2) is 17.5 Å². The second kappa shape index (κ2) is 3.47. The van der Waals surface area contributed by atoms with E-state index in [2.05, 4.69) is 11.1 Å². The van der Waals surface area contributed by atoms with Crippen LogP contribution in [0.5, 0.6) is 0 Å². The Morgan fingerprint density at radius 1 is 1.54 bits per heavy atom. The smallest absolute Gasteiger partial charge is 0.178 e. The van der Waals surface area contributed by atoms with Gasteiger partial charge in [-0.05, 0) is 24.5 Å². The number of aromatic nitrogens is 1. The van der Waals surface area contributed by atoms with Crippen LogP contribution in [-0.2, 0) is 0 Å². The first-order chi connectivity index (χ1) is 6.33. The van der Waals surface area contributed by atoms with Crippen LogP contribution >= 0.6 is 23.1 Å². The molecule has 0 spiro atoms. The molecule has 0 saturated carbocycles. The van der Waals surface area contributed by atoms with Crippen molar-refractivity contribution in [2.24, 2.45) is 0 Å². The average molecular weight is 209 g/mol. The summed E-state index contributed by atoms with van der Waals surface area (Å²) >= 11 is 3.13. The summed E-state index contributed by atoms with van der Waals surface area (Å²) in [6, 6.07) is 6.02. The second-order valence-electron chi connectivity index (χ2n) is 2.50. The maximum atomic E-state index is 10.5. The molecule has 0 radical (unpaired) electrons. The van der Waals surface area contributed by atoms with Gasteiger partial charge in [-0.1, -0.05) is 0 Å². The maximum absolute atomic E-state index is 10.5. The number of hydrogen-bond donors (Lipinski definition) is 0. The van der Waals surface area contributed by atoms with Gasteiger partial charge < -0.3 is 0 Å². The Hall–Kier alpha value is -0.870. The van der Waals surface area contributed by atoms with Crippen molar-refractivity contribution in [3.8, 4) is 0 Å². The number of aldehydes is 1. The van der Waals surface area contributed by atoms with Crippen molar-refractivity contribution in [1.29, 1.82) is 0 Å². The fraction of sp³-hybridized carbons (Fsp3) is 0.111. The lowest BCUT2D eigenvalue weighted by atomic mass is 10.3. The summed E-state index contributed by atoms with van der Waals surface area (Å²) in [4.78, 5) is 15.8. The molecule has 2 nitrogen and oxygen atoms in total. The summed E-state index contributed by atoms with van der Waals surface area (Å²) in [6.45, 7) is 0. The molecule has 0 bridgehead atoms. The summed E-state index contributed by atoms with van der Waals surface area (Å²) in [5, 5.41) is 0.549. The minimum Gasteiger partial charge on any atom is -0.295 e. The third-order valence-electron chi connectivity index (χ3n) is 1.71. The second-order valence-corrected chi connectivity index (χ2v) is 4.45. The highest BCUT2D eigenvalue weighted by molar-refractivity contribution is 7.98. The van der Waals surface area contributed by atoms with Crippen molar-refractivity contribution < 1.29 is 4.79 Å². The molecule has 0 N–H and O–H groups in total. The van der Waals surface area contributed by atoms with Gasteiger partial charge >= 0.3 is 0 Å². The van der Waals surface area contributed by atoms with Gasteiger partial charge in [0, 0.05) is 4.90 Å². The molecular weight excluding hydrogens is 202 g/mol. The van der Waals surface area contributed by atoms with Gasteiger partial charge in [0.25, 0.3) is 0 Å². The highest BCUT2D eigenvalue weighted by Crippen LogP contribution is 2.25. The van der Waals surface area contributed by atoms with Crippen LogP contribution in [0.4, 0.5) is 0 Å². The SMILES string of the molecule is CSc1ccc2nc(C=O)sc2c1. The van der Waals surface area contributed by atoms with E-state index in [1.807, 2.05) is 18.4 Å². The number of benzene rings is 1. The topological polar surface area (TPSA) is 30.0 Å². The molecule has 1 heterocycles. The fourth-order valence-corrected chi connectivity index (χ4v) is 2.44. The van der Waals surface area contributed by atoms with Gasteiger partial charge in [0.15, 0.2) is 11.3 Å². The van der Waals surface area contributed by atoms with Gasteiger partial charge in [0.05, 0.1) is 10.2 Å². The molecule has 2 rings (SSSR count). The number of carbonyl (C=O) groups excluding carboxylic acids is 1. The Morgan fingerprint density at radius 3 is 3.08 bits per heavy atom. The Balaban J connectivity index is 2.63. The molecule has 0 atom stereocenters. The number of fused-ring (bicyclic) bond motifs is 1. The number of rotatable bonds is 2. The van der Waals surface area contributed by atoms with Crippen molar-refractivity contribution in [1.82, 2.24) is 4.98 Å². The molecule has 0 aliphatic carbocycles. The molecule has 4 heteroatoms.